The van der Waals surface area contributed by atoms with E-state index in [0.29, 0.717) is 23.3 Å². The van der Waals surface area contributed by atoms with E-state index >= 15 is 0 Å². The fraction of sp³-hybridized carbons (Fsp3) is 0.632. The van der Waals surface area contributed by atoms with Gasteiger partial charge in [0, 0.05) is 51.9 Å². The van der Waals surface area contributed by atoms with Gasteiger partial charge in [-0.05, 0) is 43.4 Å². The van der Waals surface area contributed by atoms with Gasteiger partial charge in [0.25, 0.3) is 0 Å². The molecule has 0 aliphatic heterocycles. The van der Waals surface area contributed by atoms with Crippen molar-refractivity contribution in [2.75, 3.05) is 12.8 Å². The van der Waals surface area contributed by atoms with Gasteiger partial charge < -0.3 is 10.6 Å². The van der Waals surface area contributed by atoms with Gasteiger partial charge in [0.1, 0.15) is 0 Å². The van der Waals surface area contributed by atoms with Crippen LogP contribution in [0, 0.1) is 0 Å². The van der Waals surface area contributed by atoms with E-state index in [0.717, 1.165) is 48.8 Å². The van der Waals surface area contributed by atoms with E-state index in [2.05, 4.69) is 27.8 Å². The molecular formula is C19H29ClIN3OS. The van der Waals surface area contributed by atoms with Crippen LogP contribution in [0.2, 0.25) is 5.02 Å². The maximum atomic E-state index is 12.1. The van der Waals surface area contributed by atoms with Gasteiger partial charge in [0.2, 0.25) is 0 Å². The predicted molar refractivity (Wildman–Crippen MR) is 122 cm³/mol. The van der Waals surface area contributed by atoms with Gasteiger partial charge in [-0.2, -0.15) is 0 Å². The molecule has 4 nitrogen and oxygen atoms in total. The minimum atomic E-state index is -0.695. The number of hydrogen-bond donors (Lipinski definition) is 2. The van der Waals surface area contributed by atoms with E-state index in [4.69, 9.17) is 11.6 Å². The second kappa shape index (κ2) is 10.3. The molecule has 146 valence electrons. The Morgan fingerprint density at radius 2 is 2.12 bits per heavy atom. The third-order valence-corrected chi connectivity index (χ3v) is 7.21. The second-order valence-corrected chi connectivity index (χ2v) is 9.46. The lowest BCUT2D eigenvalue weighted by Gasteiger charge is -2.30. The van der Waals surface area contributed by atoms with Crippen LogP contribution in [0.4, 0.5) is 0 Å². The van der Waals surface area contributed by atoms with Crippen LogP contribution in [0.3, 0.4) is 0 Å². The molecule has 0 aromatic heterocycles. The summed E-state index contributed by atoms with van der Waals surface area (Å²) in [5, 5.41) is 8.20. The Morgan fingerprint density at radius 3 is 2.81 bits per heavy atom. The molecule has 5 unspecified atom stereocenters. The smallest absolute Gasteiger partial charge is 0.191 e. The first kappa shape index (κ1) is 22.0. The highest BCUT2D eigenvalue weighted by Gasteiger charge is 2.39. The van der Waals surface area contributed by atoms with Crippen LogP contribution >= 0.6 is 35.6 Å². The molecule has 5 atom stereocenters. The summed E-state index contributed by atoms with van der Waals surface area (Å²) in [4.78, 5) is 4.39. The molecule has 1 aromatic carbocycles. The maximum Gasteiger partial charge on any atom is 0.191 e. The van der Waals surface area contributed by atoms with Gasteiger partial charge >= 0.3 is 0 Å². The van der Waals surface area contributed by atoms with E-state index in [-0.39, 0.29) is 24.0 Å². The molecule has 0 amide bonds. The second-order valence-electron chi connectivity index (χ2n) is 7.02. The van der Waals surface area contributed by atoms with Crippen molar-refractivity contribution in [2.45, 2.75) is 62.3 Å². The van der Waals surface area contributed by atoms with Crippen LogP contribution in [0.25, 0.3) is 0 Å². The third kappa shape index (κ3) is 5.83. The summed E-state index contributed by atoms with van der Waals surface area (Å²) in [6, 6.07) is 8.89. The largest absolute Gasteiger partial charge is 0.354 e. The van der Waals surface area contributed by atoms with Crippen LogP contribution in [0.1, 0.15) is 50.5 Å². The maximum absolute atomic E-state index is 12.1. The molecule has 3 rings (SSSR count). The molecule has 0 spiro atoms. The summed E-state index contributed by atoms with van der Waals surface area (Å²) in [7, 11) is 1.12. The quantitative estimate of drug-likeness (QED) is 0.358. The molecule has 0 heterocycles. The SMILES string of the molecule is CCS(=O)C1CCCC(NC(=NC)NC2CC2c2cccc(Cl)c2)C1.I. The molecule has 2 N–H and O–H groups in total. The summed E-state index contributed by atoms with van der Waals surface area (Å²) in [5.41, 5.74) is 1.29. The average molecular weight is 510 g/mol. The Morgan fingerprint density at radius 1 is 1.31 bits per heavy atom. The zero-order valence-corrected chi connectivity index (χ0v) is 19.3. The first-order valence-corrected chi connectivity index (χ1v) is 11.0. The summed E-state index contributed by atoms with van der Waals surface area (Å²) in [5.74, 6) is 2.12. The molecule has 2 aliphatic carbocycles. The van der Waals surface area contributed by atoms with Crippen molar-refractivity contribution in [2.24, 2.45) is 4.99 Å². The summed E-state index contributed by atoms with van der Waals surface area (Å²) in [6.07, 6.45) is 5.43. The minimum absolute atomic E-state index is 0. The molecular weight excluding hydrogens is 481 g/mol. The number of halogens is 2. The van der Waals surface area contributed by atoms with Crippen molar-refractivity contribution in [3.63, 3.8) is 0 Å². The van der Waals surface area contributed by atoms with Gasteiger partial charge in [-0.15, -0.1) is 24.0 Å². The van der Waals surface area contributed by atoms with Crippen molar-refractivity contribution < 1.29 is 4.21 Å². The predicted octanol–water partition coefficient (Wildman–Crippen LogP) is 4.06. The number of rotatable bonds is 5. The van der Waals surface area contributed by atoms with Crippen LogP contribution in [-0.4, -0.2) is 40.3 Å². The highest BCUT2D eigenvalue weighted by Crippen LogP contribution is 2.41. The topological polar surface area (TPSA) is 53.5 Å². The summed E-state index contributed by atoms with van der Waals surface area (Å²) < 4.78 is 12.1. The molecule has 2 saturated carbocycles. The minimum Gasteiger partial charge on any atom is -0.354 e. The lowest BCUT2D eigenvalue weighted by Crippen LogP contribution is -2.47. The number of aliphatic imine (C=N–C) groups is 1. The highest BCUT2D eigenvalue weighted by atomic mass is 127. The number of nitrogens with one attached hydrogen (secondary N) is 2. The van der Waals surface area contributed by atoms with Crippen molar-refractivity contribution in [1.82, 2.24) is 10.6 Å². The fourth-order valence-corrected chi connectivity index (χ4v) is 5.30. The van der Waals surface area contributed by atoms with Crippen LogP contribution in [0.15, 0.2) is 29.3 Å². The van der Waals surface area contributed by atoms with Gasteiger partial charge in [-0.1, -0.05) is 37.1 Å². The fourth-order valence-electron chi connectivity index (χ4n) is 3.75. The third-order valence-electron chi connectivity index (χ3n) is 5.24. The standard InChI is InChI=1S/C19H28ClN3OS.HI/c1-3-25(24)16-9-5-8-15(11-16)22-19(21-2)23-18-12-17(18)13-6-4-7-14(20)10-13;/h4,6-7,10,15-18H,3,5,8-9,11-12H2,1-2H3,(H2,21,22,23);1H. The van der Waals surface area contributed by atoms with Crippen LogP contribution < -0.4 is 10.6 Å². The van der Waals surface area contributed by atoms with Crippen LogP contribution in [-0.2, 0) is 10.8 Å². The van der Waals surface area contributed by atoms with E-state index in [9.17, 15) is 4.21 Å². The van der Waals surface area contributed by atoms with Gasteiger partial charge in [0.15, 0.2) is 5.96 Å². The molecule has 1 aromatic rings. The van der Waals surface area contributed by atoms with Crippen molar-refractivity contribution in [3.8, 4) is 0 Å². The van der Waals surface area contributed by atoms with E-state index in [1.807, 2.05) is 26.1 Å². The van der Waals surface area contributed by atoms with Crippen molar-refractivity contribution >= 4 is 52.3 Å². The lowest BCUT2D eigenvalue weighted by molar-refractivity contribution is 0.413. The zero-order chi connectivity index (χ0) is 17.8. The molecule has 26 heavy (non-hydrogen) atoms. The molecule has 2 aliphatic rings. The number of guanidine groups is 1. The highest BCUT2D eigenvalue weighted by molar-refractivity contribution is 14.0. The molecule has 0 saturated heterocycles. The monoisotopic (exact) mass is 509 g/mol. The van der Waals surface area contributed by atoms with Gasteiger partial charge in [-0.25, -0.2) is 0 Å². The zero-order valence-electron chi connectivity index (χ0n) is 15.4. The Labute approximate surface area is 181 Å². The number of hydrogen-bond acceptors (Lipinski definition) is 2. The average Bonchev–Trinajstić information content (AvgIpc) is 3.40. The Balaban J connectivity index is 0.00000243. The molecule has 2 fully saturated rings. The molecule has 7 heteroatoms. The lowest BCUT2D eigenvalue weighted by atomic mass is 9.95. The van der Waals surface area contributed by atoms with Gasteiger partial charge in [0.05, 0.1) is 0 Å². The van der Waals surface area contributed by atoms with E-state index in [1.165, 1.54) is 5.56 Å². The van der Waals surface area contributed by atoms with E-state index < -0.39 is 10.8 Å². The number of benzene rings is 1. The normalized spacial score (nSPS) is 29.4. The number of nitrogens with zero attached hydrogens (tertiary/aromatic N) is 1. The Kier molecular flexibility index (Phi) is 8.67. The summed E-state index contributed by atoms with van der Waals surface area (Å²) in [6.45, 7) is 2.01. The van der Waals surface area contributed by atoms with Crippen molar-refractivity contribution in [3.05, 3.63) is 34.9 Å². The van der Waals surface area contributed by atoms with Gasteiger partial charge in [-0.3, -0.25) is 9.20 Å². The first-order chi connectivity index (χ1) is 12.1. The van der Waals surface area contributed by atoms with Crippen LogP contribution in [0.5, 0.6) is 0 Å². The first-order valence-electron chi connectivity index (χ1n) is 9.23. The Hall–Kier alpha value is -0.340. The van der Waals surface area contributed by atoms with E-state index in [1.54, 1.807) is 0 Å². The summed E-state index contributed by atoms with van der Waals surface area (Å²) >= 11 is 6.10. The Bertz CT molecular complexity index is 657. The van der Waals surface area contributed by atoms with Crippen molar-refractivity contribution in [1.29, 1.82) is 0 Å². The molecule has 0 bridgehead atoms. The molecule has 0 radical (unpaired) electrons.